The minimum absolute atomic E-state index is 0.371. The van der Waals surface area contributed by atoms with Gasteiger partial charge in [-0.25, -0.2) is 0 Å². The van der Waals surface area contributed by atoms with E-state index in [0.717, 1.165) is 38.9 Å². The zero-order valence-electron chi connectivity index (χ0n) is 10.2. The van der Waals surface area contributed by atoms with E-state index in [2.05, 4.69) is 54.0 Å². The predicted molar refractivity (Wildman–Crippen MR) is 85.0 cm³/mol. The number of benzene rings is 1. The highest BCUT2D eigenvalue weighted by Gasteiger charge is 2.21. The molecule has 1 aromatic carbocycles. The molecule has 4 nitrogen and oxygen atoms in total. The van der Waals surface area contributed by atoms with Crippen LogP contribution in [0.5, 0.6) is 0 Å². The third-order valence-electron chi connectivity index (χ3n) is 3.26. The fraction of sp³-hybridized carbons (Fsp3) is 0.385. The average Bonchev–Trinajstić information content (AvgIpc) is 2.92. The molecule has 1 aliphatic heterocycles. The molecule has 1 unspecified atom stereocenters. The Morgan fingerprint density at radius 2 is 2.32 bits per heavy atom. The van der Waals surface area contributed by atoms with Gasteiger partial charge < -0.3 is 9.84 Å². The first-order valence-electron chi connectivity index (χ1n) is 6.24. The first kappa shape index (κ1) is 13.5. The fourth-order valence-corrected chi connectivity index (χ4v) is 3.17. The van der Waals surface area contributed by atoms with Crippen LogP contribution in [0, 0.1) is 3.57 Å². The first-order valence-corrected chi connectivity index (χ1v) is 8.11. The van der Waals surface area contributed by atoms with Crippen molar-refractivity contribution in [3.63, 3.8) is 0 Å². The van der Waals surface area contributed by atoms with Gasteiger partial charge in [0.2, 0.25) is 0 Å². The van der Waals surface area contributed by atoms with Gasteiger partial charge in [-0.05, 0) is 60.2 Å². The van der Waals surface area contributed by atoms with Gasteiger partial charge in [-0.15, -0.1) is 0 Å². The Balaban J connectivity index is 1.89. The minimum atomic E-state index is 0.371. The molecule has 0 amide bonds. The van der Waals surface area contributed by atoms with Crippen LogP contribution in [-0.2, 0) is 0 Å². The van der Waals surface area contributed by atoms with Gasteiger partial charge in [0.1, 0.15) is 0 Å². The third-order valence-corrected chi connectivity index (χ3v) is 4.70. The molecule has 1 fully saturated rings. The van der Waals surface area contributed by atoms with Crippen LogP contribution < -0.4 is 5.32 Å². The van der Waals surface area contributed by atoms with Crippen LogP contribution in [0.4, 0.5) is 0 Å². The summed E-state index contributed by atoms with van der Waals surface area (Å²) in [6, 6.07) is 6.05. The van der Waals surface area contributed by atoms with E-state index in [4.69, 9.17) is 4.52 Å². The van der Waals surface area contributed by atoms with Gasteiger partial charge in [-0.3, -0.25) is 0 Å². The van der Waals surface area contributed by atoms with Crippen molar-refractivity contribution in [1.82, 2.24) is 15.5 Å². The summed E-state index contributed by atoms with van der Waals surface area (Å²) in [6.07, 6.45) is 2.30. The minimum Gasteiger partial charge on any atom is -0.334 e. The number of rotatable bonds is 2. The summed E-state index contributed by atoms with van der Waals surface area (Å²) in [7, 11) is 0. The molecular weight excluding hydrogens is 421 g/mol. The second-order valence-electron chi connectivity index (χ2n) is 4.63. The maximum Gasteiger partial charge on any atom is 0.259 e. The summed E-state index contributed by atoms with van der Waals surface area (Å²) in [5.41, 5.74) is 0.984. The maximum atomic E-state index is 5.43. The molecule has 1 saturated heterocycles. The van der Waals surface area contributed by atoms with Crippen molar-refractivity contribution < 1.29 is 4.52 Å². The van der Waals surface area contributed by atoms with Crippen LogP contribution in [0.2, 0.25) is 0 Å². The molecular formula is C13H13BrIN3O. The second-order valence-corrected chi connectivity index (χ2v) is 6.70. The van der Waals surface area contributed by atoms with Crippen molar-refractivity contribution in [2.45, 2.75) is 18.8 Å². The van der Waals surface area contributed by atoms with E-state index in [-0.39, 0.29) is 0 Å². The molecule has 0 aliphatic carbocycles. The van der Waals surface area contributed by atoms with Gasteiger partial charge in [0.15, 0.2) is 5.82 Å². The molecule has 2 heterocycles. The SMILES string of the molecule is Brc1ccc(I)c(-c2nc(C3CCCNC3)no2)c1. The zero-order chi connectivity index (χ0) is 13.2. The van der Waals surface area contributed by atoms with Gasteiger partial charge in [-0.2, -0.15) is 4.98 Å². The van der Waals surface area contributed by atoms with E-state index in [1.54, 1.807) is 0 Å². The Kier molecular flexibility index (Phi) is 4.18. The molecule has 0 spiro atoms. The number of nitrogens with zero attached hydrogens (tertiary/aromatic N) is 2. The van der Waals surface area contributed by atoms with Crippen LogP contribution in [0.15, 0.2) is 27.2 Å². The lowest BCUT2D eigenvalue weighted by Gasteiger charge is -2.19. The van der Waals surface area contributed by atoms with Crippen molar-refractivity contribution in [3.05, 3.63) is 32.1 Å². The molecule has 2 aromatic rings. The Morgan fingerprint density at radius 1 is 1.42 bits per heavy atom. The number of piperidine rings is 1. The molecule has 3 rings (SSSR count). The highest BCUT2D eigenvalue weighted by Crippen LogP contribution is 2.29. The third kappa shape index (κ3) is 3.00. The van der Waals surface area contributed by atoms with Crippen LogP contribution in [0.25, 0.3) is 11.5 Å². The Bertz CT molecular complexity index is 581. The summed E-state index contributed by atoms with van der Waals surface area (Å²) in [4.78, 5) is 4.56. The van der Waals surface area contributed by atoms with Crippen LogP contribution in [0.1, 0.15) is 24.6 Å². The Labute approximate surface area is 133 Å². The highest BCUT2D eigenvalue weighted by atomic mass is 127. The van der Waals surface area contributed by atoms with E-state index in [1.165, 1.54) is 6.42 Å². The van der Waals surface area contributed by atoms with Crippen molar-refractivity contribution in [3.8, 4) is 11.5 Å². The molecule has 19 heavy (non-hydrogen) atoms. The van der Waals surface area contributed by atoms with Gasteiger partial charge in [0, 0.05) is 20.5 Å². The maximum absolute atomic E-state index is 5.43. The summed E-state index contributed by atoms with van der Waals surface area (Å²) in [5.74, 6) is 1.79. The molecule has 1 atom stereocenters. The summed E-state index contributed by atoms with van der Waals surface area (Å²) >= 11 is 5.76. The molecule has 0 radical (unpaired) electrons. The van der Waals surface area contributed by atoms with Gasteiger partial charge >= 0.3 is 0 Å². The molecule has 100 valence electrons. The monoisotopic (exact) mass is 433 g/mol. The number of halogens is 2. The molecule has 1 N–H and O–H groups in total. The van der Waals surface area contributed by atoms with Crippen LogP contribution >= 0.6 is 38.5 Å². The lowest BCUT2D eigenvalue weighted by molar-refractivity contribution is 0.393. The number of nitrogens with one attached hydrogen (secondary N) is 1. The normalized spacial score (nSPS) is 19.6. The zero-order valence-corrected chi connectivity index (χ0v) is 13.9. The number of hydrogen-bond donors (Lipinski definition) is 1. The quantitative estimate of drug-likeness (QED) is 0.735. The topological polar surface area (TPSA) is 51.0 Å². The lowest BCUT2D eigenvalue weighted by atomic mass is 9.99. The Hall–Kier alpha value is -0.470. The molecule has 1 aromatic heterocycles. The summed E-state index contributed by atoms with van der Waals surface area (Å²) in [6.45, 7) is 2.03. The van der Waals surface area contributed by atoms with Gasteiger partial charge in [0.25, 0.3) is 5.89 Å². The predicted octanol–water partition coefficient (Wildman–Crippen LogP) is 3.57. The van der Waals surface area contributed by atoms with Crippen molar-refractivity contribution in [2.75, 3.05) is 13.1 Å². The summed E-state index contributed by atoms with van der Waals surface area (Å²) in [5, 5.41) is 7.51. The fourth-order valence-electron chi connectivity index (χ4n) is 2.24. The molecule has 1 aliphatic rings. The first-order chi connectivity index (χ1) is 9.24. The lowest BCUT2D eigenvalue weighted by Crippen LogP contribution is -2.28. The van der Waals surface area contributed by atoms with Gasteiger partial charge in [-0.1, -0.05) is 21.1 Å². The largest absolute Gasteiger partial charge is 0.334 e. The van der Waals surface area contributed by atoms with Crippen molar-refractivity contribution >= 4 is 38.5 Å². The van der Waals surface area contributed by atoms with E-state index < -0.39 is 0 Å². The van der Waals surface area contributed by atoms with E-state index in [1.807, 2.05) is 18.2 Å². The second kappa shape index (κ2) is 5.88. The number of hydrogen-bond acceptors (Lipinski definition) is 4. The van der Waals surface area contributed by atoms with Crippen molar-refractivity contribution in [2.24, 2.45) is 0 Å². The van der Waals surface area contributed by atoms with E-state index in [0.29, 0.717) is 11.8 Å². The van der Waals surface area contributed by atoms with Crippen LogP contribution in [0.3, 0.4) is 0 Å². The molecule has 0 bridgehead atoms. The van der Waals surface area contributed by atoms with E-state index in [9.17, 15) is 0 Å². The molecule has 0 saturated carbocycles. The Morgan fingerprint density at radius 3 is 3.11 bits per heavy atom. The smallest absolute Gasteiger partial charge is 0.259 e. The average molecular weight is 434 g/mol. The standard InChI is InChI=1S/C13H13BrIN3O/c14-9-3-4-11(15)10(6-9)13-17-12(18-19-13)8-2-1-5-16-7-8/h3-4,6,8,16H,1-2,5,7H2. The van der Waals surface area contributed by atoms with Crippen LogP contribution in [-0.4, -0.2) is 23.2 Å². The molecule has 6 heteroatoms. The van der Waals surface area contributed by atoms with Crippen molar-refractivity contribution in [1.29, 1.82) is 0 Å². The highest BCUT2D eigenvalue weighted by molar-refractivity contribution is 14.1. The van der Waals surface area contributed by atoms with E-state index >= 15 is 0 Å². The van der Waals surface area contributed by atoms with Gasteiger partial charge in [0.05, 0.1) is 5.56 Å². The summed E-state index contributed by atoms with van der Waals surface area (Å²) < 4.78 is 7.55. The number of aromatic nitrogens is 2.